The Morgan fingerprint density at radius 3 is 1.81 bits per heavy atom. The van der Waals surface area contributed by atoms with E-state index < -0.39 is 46.0 Å². The fourth-order valence-electron chi connectivity index (χ4n) is 2.26. The van der Waals surface area contributed by atoms with Gasteiger partial charge < -0.3 is 0 Å². The van der Waals surface area contributed by atoms with E-state index in [4.69, 9.17) is 11.6 Å². The molecule has 0 atom stereocenters. The van der Waals surface area contributed by atoms with Gasteiger partial charge in [0.1, 0.15) is 0 Å². The summed E-state index contributed by atoms with van der Waals surface area (Å²) in [6.07, 6.45) is 0. The number of hydrogen-bond acceptors (Lipinski definition) is 2. The highest BCUT2D eigenvalue weighted by atomic mass is 35.5. The minimum atomic E-state index is -2.15. The molecule has 0 aromatic heterocycles. The molecule has 1 aliphatic rings. The van der Waals surface area contributed by atoms with Crippen molar-refractivity contribution in [2.24, 2.45) is 0 Å². The average Bonchev–Trinajstić information content (AvgIpc) is 2.46. The van der Waals surface area contributed by atoms with Crippen molar-refractivity contribution < 1.29 is 27.2 Å². The molecular weight excluding hydrogens is 312 g/mol. The van der Waals surface area contributed by atoms with Gasteiger partial charge in [-0.15, -0.1) is 0 Å². The van der Waals surface area contributed by atoms with Crippen LogP contribution in [0.4, 0.5) is 17.6 Å². The van der Waals surface area contributed by atoms with Crippen molar-refractivity contribution in [3.05, 3.63) is 68.7 Å². The fraction of sp³-hybridized carbons (Fsp3) is 0. The second-order valence-corrected chi connectivity index (χ2v) is 4.73. The number of rotatable bonds is 0. The average molecular weight is 315 g/mol. The van der Waals surface area contributed by atoms with Crippen LogP contribution in [0, 0.1) is 23.3 Å². The zero-order valence-electron chi connectivity index (χ0n) is 9.94. The van der Waals surface area contributed by atoms with Gasteiger partial charge in [0, 0.05) is 5.56 Å². The largest absolute Gasteiger partial charge is 0.288 e. The van der Waals surface area contributed by atoms with Crippen molar-refractivity contribution >= 4 is 23.2 Å². The van der Waals surface area contributed by atoms with Crippen molar-refractivity contribution in [2.45, 2.75) is 0 Å². The van der Waals surface area contributed by atoms with Crippen molar-refractivity contribution in [3.8, 4) is 0 Å². The van der Waals surface area contributed by atoms with Gasteiger partial charge in [-0.2, -0.15) is 0 Å². The molecule has 0 unspecified atom stereocenters. The second-order valence-electron chi connectivity index (χ2n) is 4.33. The van der Waals surface area contributed by atoms with E-state index in [9.17, 15) is 27.2 Å². The number of benzene rings is 2. The van der Waals surface area contributed by atoms with E-state index >= 15 is 0 Å². The van der Waals surface area contributed by atoms with E-state index in [2.05, 4.69) is 0 Å². The van der Waals surface area contributed by atoms with Crippen LogP contribution in [0.15, 0.2) is 18.2 Å². The molecule has 0 saturated carbocycles. The van der Waals surface area contributed by atoms with Crippen LogP contribution in [0.1, 0.15) is 31.8 Å². The van der Waals surface area contributed by atoms with Gasteiger partial charge in [-0.05, 0) is 6.07 Å². The highest BCUT2D eigenvalue weighted by Gasteiger charge is 2.39. The Bertz CT molecular complexity index is 846. The number of halogens is 5. The smallest absolute Gasteiger partial charge is 0.199 e. The molecule has 0 fully saturated rings. The molecule has 0 radical (unpaired) electrons. The van der Waals surface area contributed by atoms with Gasteiger partial charge in [0.25, 0.3) is 0 Å². The zero-order chi connectivity index (χ0) is 15.5. The summed E-state index contributed by atoms with van der Waals surface area (Å²) in [4.78, 5) is 24.3. The van der Waals surface area contributed by atoms with Gasteiger partial charge in [0.2, 0.25) is 0 Å². The molecule has 0 amide bonds. The lowest BCUT2D eigenvalue weighted by Crippen LogP contribution is -2.26. The highest BCUT2D eigenvalue weighted by molar-refractivity contribution is 6.39. The maximum absolute atomic E-state index is 13.8. The van der Waals surface area contributed by atoms with E-state index in [0.717, 1.165) is 0 Å². The van der Waals surface area contributed by atoms with E-state index in [1.54, 1.807) is 0 Å². The summed E-state index contributed by atoms with van der Waals surface area (Å²) in [5.41, 5.74) is -2.91. The van der Waals surface area contributed by atoms with Crippen LogP contribution in [-0.2, 0) is 0 Å². The second kappa shape index (κ2) is 4.39. The Balaban J connectivity index is 2.47. The Morgan fingerprint density at radius 2 is 1.24 bits per heavy atom. The molecule has 1 aliphatic carbocycles. The molecule has 3 rings (SSSR count). The van der Waals surface area contributed by atoms with Crippen LogP contribution in [0.2, 0.25) is 5.02 Å². The summed E-state index contributed by atoms with van der Waals surface area (Å²) >= 11 is 5.77. The summed E-state index contributed by atoms with van der Waals surface area (Å²) in [6.45, 7) is 0. The van der Waals surface area contributed by atoms with E-state index in [1.807, 2.05) is 0 Å². The Morgan fingerprint density at radius 1 is 0.714 bits per heavy atom. The molecule has 21 heavy (non-hydrogen) atoms. The van der Waals surface area contributed by atoms with E-state index in [0.29, 0.717) is 0 Å². The van der Waals surface area contributed by atoms with Gasteiger partial charge in [-0.3, -0.25) is 9.59 Å². The van der Waals surface area contributed by atoms with Crippen molar-refractivity contribution in [1.82, 2.24) is 0 Å². The number of ketones is 2. The van der Waals surface area contributed by atoms with Gasteiger partial charge in [-0.25, -0.2) is 17.6 Å². The summed E-state index contributed by atoms with van der Waals surface area (Å²) < 4.78 is 54.1. The molecule has 0 spiro atoms. The molecule has 2 nitrogen and oxygen atoms in total. The van der Waals surface area contributed by atoms with Gasteiger partial charge in [0.15, 0.2) is 34.8 Å². The summed E-state index contributed by atoms with van der Waals surface area (Å²) in [5.74, 6) is -10.4. The zero-order valence-corrected chi connectivity index (χ0v) is 10.7. The number of hydrogen-bond donors (Lipinski definition) is 0. The molecule has 7 heteroatoms. The number of carbonyl (C=O) groups is 2. The maximum atomic E-state index is 13.8. The first kappa shape index (κ1) is 13.8. The van der Waals surface area contributed by atoms with Gasteiger partial charge >= 0.3 is 0 Å². The van der Waals surface area contributed by atoms with E-state index in [-0.39, 0.29) is 16.1 Å². The lowest BCUT2D eigenvalue weighted by Gasteiger charge is -2.19. The number of fused-ring (bicyclic) bond motifs is 2. The summed E-state index contributed by atoms with van der Waals surface area (Å²) in [5, 5.41) is -0.166. The van der Waals surface area contributed by atoms with Crippen LogP contribution < -0.4 is 0 Å². The molecule has 2 aromatic carbocycles. The van der Waals surface area contributed by atoms with Crippen LogP contribution in [0.3, 0.4) is 0 Å². The van der Waals surface area contributed by atoms with Gasteiger partial charge in [0.05, 0.1) is 21.7 Å². The van der Waals surface area contributed by atoms with Crippen LogP contribution >= 0.6 is 11.6 Å². The Labute approximate surface area is 120 Å². The maximum Gasteiger partial charge on any atom is 0.199 e. The molecule has 0 heterocycles. The standard InChI is InChI=1S/C14H3ClF4O2/c15-5-3-1-2-4-6(5)14(21)8-7(13(4)20)9(16)11(18)12(19)10(8)17/h1-3H. The fourth-order valence-corrected chi connectivity index (χ4v) is 2.52. The summed E-state index contributed by atoms with van der Waals surface area (Å²) in [6, 6.07) is 3.76. The molecule has 0 N–H and O–H groups in total. The number of carbonyl (C=O) groups excluding carboxylic acids is 2. The first-order valence-electron chi connectivity index (χ1n) is 5.60. The van der Waals surface area contributed by atoms with Gasteiger partial charge in [-0.1, -0.05) is 23.7 Å². The normalized spacial score (nSPS) is 13.2. The first-order chi connectivity index (χ1) is 9.86. The monoisotopic (exact) mass is 314 g/mol. The molecule has 106 valence electrons. The third-order valence-corrected chi connectivity index (χ3v) is 3.52. The molecule has 0 bridgehead atoms. The summed E-state index contributed by atoms with van der Waals surface area (Å²) in [7, 11) is 0. The quantitative estimate of drug-likeness (QED) is 0.360. The molecule has 2 aromatic rings. The minimum Gasteiger partial charge on any atom is -0.288 e. The molecular formula is C14H3ClF4O2. The molecule has 0 saturated heterocycles. The Hall–Kier alpha value is -2.21. The van der Waals surface area contributed by atoms with Crippen LogP contribution in [-0.4, -0.2) is 11.6 Å². The SMILES string of the molecule is O=C1c2cccc(Cl)c2C(=O)c2c(F)c(F)c(F)c(F)c21. The highest BCUT2D eigenvalue weighted by Crippen LogP contribution is 2.36. The van der Waals surface area contributed by atoms with E-state index in [1.165, 1.54) is 18.2 Å². The van der Waals surface area contributed by atoms with Crippen LogP contribution in [0.5, 0.6) is 0 Å². The third-order valence-electron chi connectivity index (χ3n) is 3.21. The predicted octanol–water partition coefficient (Wildman–Crippen LogP) is 3.67. The van der Waals surface area contributed by atoms with Crippen molar-refractivity contribution in [3.63, 3.8) is 0 Å². The lowest BCUT2D eigenvalue weighted by molar-refractivity contribution is 0.0969. The topological polar surface area (TPSA) is 34.1 Å². The lowest BCUT2D eigenvalue weighted by atomic mass is 9.83. The van der Waals surface area contributed by atoms with Crippen molar-refractivity contribution in [2.75, 3.05) is 0 Å². The predicted molar refractivity (Wildman–Crippen MR) is 64.6 cm³/mol. The van der Waals surface area contributed by atoms with Crippen molar-refractivity contribution in [1.29, 1.82) is 0 Å². The first-order valence-corrected chi connectivity index (χ1v) is 5.98. The Kier molecular flexibility index (Phi) is 2.88. The molecule has 0 aliphatic heterocycles. The van der Waals surface area contributed by atoms with Crippen LogP contribution in [0.25, 0.3) is 0 Å². The minimum absolute atomic E-state index is 0.166. The third kappa shape index (κ3) is 1.65.